The van der Waals surface area contributed by atoms with Gasteiger partial charge in [-0.15, -0.1) is 0 Å². The molecule has 1 aromatic heterocycles. The van der Waals surface area contributed by atoms with Crippen LogP contribution in [0.15, 0.2) is 6.20 Å². The molecule has 0 aliphatic carbocycles. The van der Waals surface area contributed by atoms with Crippen molar-refractivity contribution in [3.63, 3.8) is 0 Å². The molecule has 0 aromatic carbocycles. The summed E-state index contributed by atoms with van der Waals surface area (Å²) in [6.07, 6.45) is 4.12. The zero-order valence-corrected chi connectivity index (χ0v) is 4.55. The van der Waals surface area contributed by atoms with E-state index in [-0.39, 0.29) is 0 Å². The fraction of sp³-hybridized carbons (Fsp3) is 0.200. The molecule has 1 aromatic rings. The highest BCUT2D eigenvalue weighted by Crippen LogP contribution is 1.90. The molecule has 3 nitrogen and oxygen atoms in total. The number of rotatable bonds is 0. The van der Waals surface area contributed by atoms with Gasteiger partial charge in [0.25, 0.3) is 0 Å². The molecule has 0 unspecified atom stereocenters. The summed E-state index contributed by atoms with van der Waals surface area (Å²) in [5.41, 5.74) is 6.03. The first kappa shape index (κ1) is 5.03. The first-order chi connectivity index (χ1) is 3.79. The van der Waals surface area contributed by atoms with Crippen LogP contribution < -0.4 is 5.73 Å². The molecular weight excluding hydrogens is 102 g/mol. The fourth-order valence-electron chi connectivity index (χ4n) is 0.366. The average molecular weight is 108 g/mol. The lowest BCUT2D eigenvalue weighted by molar-refractivity contribution is 1.12. The van der Waals surface area contributed by atoms with Gasteiger partial charge >= 0.3 is 0 Å². The van der Waals surface area contributed by atoms with Gasteiger partial charge in [0.05, 0.1) is 11.9 Å². The van der Waals surface area contributed by atoms with Crippen LogP contribution >= 0.6 is 0 Å². The lowest BCUT2D eigenvalue weighted by Gasteiger charge is -1.87. The second-order valence-electron chi connectivity index (χ2n) is 1.51. The quantitative estimate of drug-likeness (QED) is 0.515. The van der Waals surface area contributed by atoms with E-state index >= 15 is 0 Å². The van der Waals surface area contributed by atoms with E-state index in [0.29, 0.717) is 5.82 Å². The molecular formula is C5H6N3. The van der Waals surface area contributed by atoms with Crippen LogP contribution in [-0.2, 0) is 0 Å². The molecule has 0 saturated carbocycles. The van der Waals surface area contributed by atoms with Gasteiger partial charge in [-0.25, -0.2) is 9.97 Å². The van der Waals surface area contributed by atoms with Gasteiger partial charge in [0, 0.05) is 0 Å². The maximum absolute atomic E-state index is 5.20. The Labute approximate surface area is 47.6 Å². The topological polar surface area (TPSA) is 51.8 Å². The van der Waals surface area contributed by atoms with Gasteiger partial charge in [0.15, 0.2) is 5.82 Å². The van der Waals surface area contributed by atoms with E-state index in [9.17, 15) is 0 Å². The van der Waals surface area contributed by atoms with Gasteiger partial charge in [-0.05, 0) is 6.92 Å². The number of hydrogen-bond donors (Lipinski definition) is 1. The Morgan fingerprint density at radius 3 is 2.88 bits per heavy atom. The van der Waals surface area contributed by atoms with E-state index in [4.69, 9.17) is 5.73 Å². The molecule has 2 N–H and O–H groups in total. The third-order valence-corrected chi connectivity index (χ3v) is 0.737. The number of nitrogen functional groups attached to an aromatic ring is 1. The van der Waals surface area contributed by atoms with Crippen LogP contribution in [0.4, 0.5) is 5.82 Å². The molecule has 0 bridgehead atoms. The van der Waals surface area contributed by atoms with Crippen molar-refractivity contribution in [1.29, 1.82) is 0 Å². The van der Waals surface area contributed by atoms with Gasteiger partial charge in [0.1, 0.15) is 6.20 Å². The van der Waals surface area contributed by atoms with E-state index in [0.717, 1.165) is 5.69 Å². The molecule has 3 heteroatoms. The summed E-state index contributed by atoms with van der Waals surface area (Å²) in [7, 11) is 0. The third-order valence-electron chi connectivity index (χ3n) is 0.737. The molecule has 0 saturated heterocycles. The minimum absolute atomic E-state index is 0.343. The Morgan fingerprint density at radius 2 is 2.50 bits per heavy atom. The standard InChI is InChI=1S/C5H6N3/c1-4-2-8-5(6)3-7-4/h2H,1H3,(H2,6,8). The largest absolute Gasteiger partial charge is 0.382 e. The molecule has 0 atom stereocenters. The fourth-order valence-corrected chi connectivity index (χ4v) is 0.366. The third kappa shape index (κ3) is 0.932. The Morgan fingerprint density at radius 1 is 1.75 bits per heavy atom. The summed E-state index contributed by atoms with van der Waals surface area (Å²) in [5, 5.41) is 0. The van der Waals surface area contributed by atoms with E-state index < -0.39 is 0 Å². The van der Waals surface area contributed by atoms with Gasteiger partial charge in [-0.3, -0.25) is 0 Å². The van der Waals surface area contributed by atoms with Crippen molar-refractivity contribution in [2.24, 2.45) is 0 Å². The Hall–Kier alpha value is -1.12. The highest BCUT2D eigenvalue weighted by atomic mass is 14.9. The summed E-state index contributed by atoms with van der Waals surface area (Å²) < 4.78 is 0. The van der Waals surface area contributed by atoms with E-state index in [1.165, 1.54) is 0 Å². The van der Waals surface area contributed by atoms with Crippen LogP contribution in [0.1, 0.15) is 5.69 Å². The minimum Gasteiger partial charge on any atom is -0.382 e. The number of hydrogen-bond acceptors (Lipinski definition) is 3. The van der Waals surface area contributed by atoms with Crippen LogP contribution in [0.3, 0.4) is 0 Å². The monoisotopic (exact) mass is 108 g/mol. The van der Waals surface area contributed by atoms with Crippen molar-refractivity contribution < 1.29 is 0 Å². The summed E-state index contributed by atoms with van der Waals surface area (Å²) in [5.74, 6) is 0.343. The second-order valence-corrected chi connectivity index (χ2v) is 1.51. The van der Waals surface area contributed by atoms with Crippen molar-refractivity contribution in [1.82, 2.24) is 9.97 Å². The molecule has 1 rings (SSSR count). The summed E-state index contributed by atoms with van der Waals surface area (Å²) in [4.78, 5) is 7.50. The molecule has 41 valence electrons. The van der Waals surface area contributed by atoms with Gasteiger partial charge in [-0.1, -0.05) is 0 Å². The van der Waals surface area contributed by atoms with Crippen LogP contribution in [-0.4, -0.2) is 9.97 Å². The minimum atomic E-state index is 0.343. The van der Waals surface area contributed by atoms with Crippen molar-refractivity contribution in [2.45, 2.75) is 6.92 Å². The molecule has 1 heterocycles. The molecule has 8 heavy (non-hydrogen) atoms. The van der Waals surface area contributed by atoms with Crippen molar-refractivity contribution in [2.75, 3.05) is 5.73 Å². The molecule has 1 radical (unpaired) electrons. The highest BCUT2D eigenvalue weighted by Gasteiger charge is 1.84. The SMILES string of the molecule is Cc1cnc(N)[c]n1. The zero-order valence-electron chi connectivity index (χ0n) is 4.55. The number of aromatic nitrogens is 2. The van der Waals surface area contributed by atoms with Crippen molar-refractivity contribution in [3.05, 3.63) is 18.1 Å². The van der Waals surface area contributed by atoms with E-state index in [1.807, 2.05) is 6.92 Å². The lowest BCUT2D eigenvalue weighted by atomic mass is 10.5. The van der Waals surface area contributed by atoms with Crippen LogP contribution in [0.5, 0.6) is 0 Å². The molecule has 0 spiro atoms. The normalized spacial score (nSPS) is 9.12. The summed E-state index contributed by atoms with van der Waals surface area (Å²) in [6.45, 7) is 1.84. The maximum atomic E-state index is 5.20. The van der Waals surface area contributed by atoms with Crippen molar-refractivity contribution >= 4 is 5.82 Å². The van der Waals surface area contributed by atoms with Gasteiger partial charge < -0.3 is 5.73 Å². The van der Waals surface area contributed by atoms with Crippen molar-refractivity contribution in [3.8, 4) is 0 Å². The number of nitrogens with zero attached hydrogens (tertiary/aromatic N) is 2. The van der Waals surface area contributed by atoms with Crippen LogP contribution in [0.2, 0.25) is 0 Å². The zero-order chi connectivity index (χ0) is 5.98. The van der Waals surface area contributed by atoms with Crippen LogP contribution in [0, 0.1) is 13.1 Å². The Bertz CT molecular complexity index is 147. The molecule has 0 aliphatic heterocycles. The number of aryl methyl sites for hydroxylation is 1. The first-order valence-electron chi connectivity index (χ1n) is 2.26. The molecule has 0 amide bonds. The van der Waals surface area contributed by atoms with Gasteiger partial charge in [-0.2, -0.15) is 0 Å². The summed E-state index contributed by atoms with van der Waals surface area (Å²) >= 11 is 0. The predicted octanol–water partition coefficient (Wildman–Crippen LogP) is 0.167. The molecule has 0 fully saturated rings. The Balaban J connectivity index is 3.03. The van der Waals surface area contributed by atoms with E-state index in [1.54, 1.807) is 6.20 Å². The maximum Gasteiger partial charge on any atom is 0.151 e. The number of anilines is 1. The lowest BCUT2D eigenvalue weighted by Crippen LogP contribution is -1.91. The smallest absolute Gasteiger partial charge is 0.151 e. The second kappa shape index (κ2) is 1.78. The summed E-state index contributed by atoms with van der Waals surface area (Å²) in [6, 6.07) is 0. The molecule has 0 aliphatic rings. The highest BCUT2D eigenvalue weighted by molar-refractivity contribution is 5.20. The number of nitrogens with two attached hydrogens (primary N) is 1. The predicted molar refractivity (Wildman–Crippen MR) is 30.0 cm³/mol. The van der Waals surface area contributed by atoms with E-state index in [2.05, 4.69) is 16.2 Å². The van der Waals surface area contributed by atoms with Crippen LogP contribution in [0.25, 0.3) is 0 Å². The average Bonchev–Trinajstić information content (AvgIpc) is 1.77. The Kier molecular flexibility index (Phi) is 1.12. The first-order valence-corrected chi connectivity index (χ1v) is 2.26. The van der Waals surface area contributed by atoms with Gasteiger partial charge in [0.2, 0.25) is 0 Å².